The van der Waals surface area contributed by atoms with E-state index in [1.54, 1.807) is 7.11 Å². The monoisotopic (exact) mass is 232 g/mol. The fraction of sp³-hybridized carbons (Fsp3) is 0.286. The minimum Gasteiger partial charge on any atom is -0.497 e. The first-order chi connectivity index (χ1) is 8.04. The van der Waals surface area contributed by atoms with Gasteiger partial charge in [0.1, 0.15) is 5.75 Å². The van der Waals surface area contributed by atoms with Crippen LogP contribution in [-0.2, 0) is 0 Å². The maximum Gasteiger partial charge on any atom is 0.118 e. The van der Waals surface area contributed by atoms with Gasteiger partial charge in [-0.05, 0) is 47.9 Å². The number of rotatable bonds is 4. The van der Waals surface area contributed by atoms with Crippen LogP contribution in [0.4, 0.5) is 0 Å². The Morgan fingerprint density at radius 3 is 2.18 bits per heavy atom. The second-order valence-corrected chi connectivity index (χ2v) is 4.17. The van der Waals surface area contributed by atoms with Gasteiger partial charge in [-0.1, -0.05) is 13.8 Å². The average Bonchev–Trinajstić information content (AvgIpc) is 2.35. The fourth-order valence-corrected chi connectivity index (χ4v) is 1.26. The molecule has 0 atom stereocenters. The van der Waals surface area contributed by atoms with E-state index < -0.39 is 0 Å². The molecular formula is C14H20N2O. The standard InChI is InChI=1S/C14H20N2O/c1-10(2)13(15)8-9-14(16)11-4-6-12(17-3)7-5-11/h4-10H,15-16H2,1-3H3/b13-8-,14-9-. The average molecular weight is 232 g/mol. The molecule has 1 aromatic rings. The molecule has 0 bridgehead atoms. The van der Waals surface area contributed by atoms with Crippen molar-refractivity contribution in [2.75, 3.05) is 7.11 Å². The number of benzene rings is 1. The molecule has 3 heteroatoms. The van der Waals surface area contributed by atoms with Gasteiger partial charge in [-0.15, -0.1) is 0 Å². The summed E-state index contributed by atoms with van der Waals surface area (Å²) in [5.41, 5.74) is 14.3. The molecule has 1 aromatic carbocycles. The third-order valence-corrected chi connectivity index (χ3v) is 2.55. The van der Waals surface area contributed by atoms with Crippen LogP contribution in [0, 0.1) is 5.92 Å². The van der Waals surface area contributed by atoms with Crippen LogP contribution in [-0.4, -0.2) is 7.11 Å². The maximum absolute atomic E-state index is 5.96. The highest BCUT2D eigenvalue weighted by Crippen LogP contribution is 2.15. The predicted octanol–water partition coefficient (Wildman–Crippen LogP) is 2.49. The maximum atomic E-state index is 5.96. The summed E-state index contributed by atoms with van der Waals surface area (Å²) >= 11 is 0. The first-order valence-corrected chi connectivity index (χ1v) is 5.62. The molecule has 0 spiro atoms. The lowest BCUT2D eigenvalue weighted by Gasteiger charge is -2.05. The Morgan fingerprint density at radius 1 is 1.12 bits per heavy atom. The smallest absolute Gasteiger partial charge is 0.118 e. The molecule has 17 heavy (non-hydrogen) atoms. The topological polar surface area (TPSA) is 61.3 Å². The second-order valence-electron chi connectivity index (χ2n) is 4.17. The second kappa shape index (κ2) is 5.99. The molecule has 0 saturated heterocycles. The summed E-state index contributed by atoms with van der Waals surface area (Å²) in [6, 6.07) is 7.60. The molecule has 4 N–H and O–H groups in total. The van der Waals surface area contributed by atoms with Gasteiger partial charge in [0.15, 0.2) is 0 Å². The highest BCUT2D eigenvalue weighted by molar-refractivity contribution is 5.64. The molecule has 0 saturated carbocycles. The lowest BCUT2D eigenvalue weighted by molar-refractivity contribution is 0.415. The van der Waals surface area contributed by atoms with Gasteiger partial charge in [-0.25, -0.2) is 0 Å². The third-order valence-electron chi connectivity index (χ3n) is 2.55. The molecule has 0 unspecified atom stereocenters. The lowest BCUT2D eigenvalue weighted by Crippen LogP contribution is -2.04. The molecule has 0 aromatic heterocycles. The van der Waals surface area contributed by atoms with Gasteiger partial charge in [0.25, 0.3) is 0 Å². The van der Waals surface area contributed by atoms with Crippen LogP contribution in [0.25, 0.3) is 5.70 Å². The Hall–Kier alpha value is -1.90. The minimum atomic E-state index is 0.329. The number of methoxy groups -OCH3 is 1. The predicted molar refractivity (Wildman–Crippen MR) is 72.3 cm³/mol. The van der Waals surface area contributed by atoms with E-state index >= 15 is 0 Å². The van der Waals surface area contributed by atoms with Gasteiger partial charge in [-0.3, -0.25) is 0 Å². The Balaban J connectivity index is 2.84. The van der Waals surface area contributed by atoms with Crippen molar-refractivity contribution in [1.29, 1.82) is 0 Å². The van der Waals surface area contributed by atoms with Crippen molar-refractivity contribution in [2.24, 2.45) is 17.4 Å². The van der Waals surface area contributed by atoms with Crippen molar-refractivity contribution < 1.29 is 4.74 Å². The van der Waals surface area contributed by atoms with Crippen LogP contribution in [0.3, 0.4) is 0 Å². The van der Waals surface area contributed by atoms with Crippen molar-refractivity contribution in [2.45, 2.75) is 13.8 Å². The van der Waals surface area contributed by atoms with E-state index in [0.29, 0.717) is 11.6 Å². The molecule has 0 radical (unpaired) electrons. The Labute approximate surface area is 103 Å². The number of allylic oxidation sites excluding steroid dienone is 3. The van der Waals surface area contributed by atoms with Crippen molar-refractivity contribution in [3.8, 4) is 5.75 Å². The van der Waals surface area contributed by atoms with Gasteiger partial charge in [-0.2, -0.15) is 0 Å². The van der Waals surface area contributed by atoms with Crippen molar-refractivity contribution in [3.05, 3.63) is 47.7 Å². The molecule has 92 valence electrons. The first-order valence-electron chi connectivity index (χ1n) is 5.62. The number of hydrogen-bond donors (Lipinski definition) is 2. The largest absolute Gasteiger partial charge is 0.497 e. The van der Waals surface area contributed by atoms with E-state index in [-0.39, 0.29) is 0 Å². The highest BCUT2D eigenvalue weighted by atomic mass is 16.5. The third kappa shape index (κ3) is 3.87. The van der Waals surface area contributed by atoms with Gasteiger partial charge in [0, 0.05) is 11.4 Å². The fourth-order valence-electron chi connectivity index (χ4n) is 1.26. The van der Waals surface area contributed by atoms with Crippen LogP contribution in [0.15, 0.2) is 42.1 Å². The normalized spacial score (nSPS) is 12.9. The lowest BCUT2D eigenvalue weighted by atomic mass is 10.1. The number of nitrogens with two attached hydrogens (primary N) is 2. The van der Waals surface area contributed by atoms with Crippen LogP contribution in [0.1, 0.15) is 19.4 Å². The van der Waals surface area contributed by atoms with E-state index in [0.717, 1.165) is 17.0 Å². The van der Waals surface area contributed by atoms with Crippen molar-refractivity contribution in [1.82, 2.24) is 0 Å². The molecule has 0 fully saturated rings. The van der Waals surface area contributed by atoms with Crippen molar-refractivity contribution >= 4 is 5.70 Å². The summed E-state index contributed by atoms with van der Waals surface area (Å²) in [5, 5.41) is 0. The van der Waals surface area contributed by atoms with Gasteiger partial charge in [0.2, 0.25) is 0 Å². The summed E-state index contributed by atoms with van der Waals surface area (Å²) in [4.78, 5) is 0. The van der Waals surface area contributed by atoms with E-state index in [9.17, 15) is 0 Å². The summed E-state index contributed by atoms with van der Waals surface area (Å²) in [7, 11) is 1.64. The molecule has 0 aliphatic rings. The SMILES string of the molecule is COc1ccc(/C(N)=C/C=C(\N)C(C)C)cc1. The van der Waals surface area contributed by atoms with Gasteiger partial charge in [0.05, 0.1) is 7.11 Å². The van der Waals surface area contributed by atoms with Crippen molar-refractivity contribution in [3.63, 3.8) is 0 Å². The Morgan fingerprint density at radius 2 is 1.71 bits per heavy atom. The van der Waals surface area contributed by atoms with Crippen LogP contribution >= 0.6 is 0 Å². The summed E-state index contributed by atoms with van der Waals surface area (Å²) in [6.07, 6.45) is 3.68. The summed E-state index contributed by atoms with van der Waals surface area (Å²) in [6.45, 7) is 4.09. The number of ether oxygens (including phenoxy) is 1. The first kappa shape index (κ1) is 13.2. The molecule has 0 heterocycles. The quantitative estimate of drug-likeness (QED) is 0.784. The molecule has 0 aliphatic carbocycles. The zero-order valence-electron chi connectivity index (χ0n) is 10.6. The summed E-state index contributed by atoms with van der Waals surface area (Å²) < 4.78 is 5.09. The van der Waals surface area contributed by atoms with Crippen LogP contribution < -0.4 is 16.2 Å². The number of hydrogen-bond acceptors (Lipinski definition) is 3. The zero-order valence-corrected chi connectivity index (χ0v) is 10.6. The van der Waals surface area contributed by atoms with Crippen LogP contribution in [0.2, 0.25) is 0 Å². The van der Waals surface area contributed by atoms with Gasteiger partial charge >= 0.3 is 0 Å². The van der Waals surface area contributed by atoms with E-state index in [2.05, 4.69) is 0 Å². The Bertz CT molecular complexity index is 416. The molecule has 1 rings (SSSR count). The molecule has 0 amide bonds. The molecule has 3 nitrogen and oxygen atoms in total. The van der Waals surface area contributed by atoms with Gasteiger partial charge < -0.3 is 16.2 Å². The minimum absolute atomic E-state index is 0.329. The van der Waals surface area contributed by atoms with E-state index in [1.165, 1.54) is 0 Å². The zero-order chi connectivity index (χ0) is 12.8. The molecular weight excluding hydrogens is 212 g/mol. The van der Waals surface area contributed by atoms with E-state index in [1.807, 2.05) is 50.3 Å². The molecule has 0 aliphatic heterocycles. The van der Waals surface area contributed by atoms with Crippen LogP contribution in [0.5, 0.6) is 5.75 Å². The van der Waals surface area contributed by atoms with E-state index in [4.69, 9.17) is 16.2 Å². The Kier molecular flexibility index (Phi) is 4.64. The highest BCUT2D eigenvalue weighted by Gasteiger charge is 1.98. The summed E-state index contributed by atoms with van der Waals surface area (Å²) in [5.74, 6) is 1.15.